The first-order chi connectivity index (χ1) is 17.9. The fraction of sp³-hybridized carbons (Fsp3) is 0.207. The number of aryl methyl sites for hydroxylation is 1. The molecule has 8 heteroatoms. The van der Waals surface area contributed by atoms with Crippen LogP contribution in [0.15, 0.2) is 72.3 Å². The Morgan fingerprint density at radius 1 is 0.973 bits per heavy atom. The van der Waals surface area contributed by atoms with E-state index in [2.05, 4.69) is 4.98 Å². The van der Waals surface area contributed by atoms with Crippen LogP contribution in [0.5, 0.6) is 11.5 Å². The van der Waals surface area contributed by atoms with Gasteiger partial charge in [-0.2, -0.15) is 0 Å². The van der Waals surface area contributed by atoms with E-state index in [-0.39, 0.29) is 11.3 Å². The molecule has 1 fully saturated rings. The van der Waals surface area contributed by atoms with E-state index in [1.807, 2.05) is 39.0 Å². The predicted octanol–water partition coefficient (Wildman–Crippen LogP) is 6.03. The monoisotopic (exact) mass is 514 g/mol. The minimum atomic E-state index is -0.868. The number of aliphatic hydroxyl groups is 1. The molecule has 1 aliphatic rings. The second-order valence-corrected chi connectivity index (χ2v) is 9.61. The SMILES string of the molecule is CCOc1ccc(C2/C(=C(\O)c3cccc(OCC)c3)C(=O)C(=O)N2c2nc3ccc(C)cc3s2)cc1. The molecular weight excluding hydrogens is 488 g/mol. The van der Waals surface area contributed by atoms with Gasteiger partial charge in [0.1, 0.15) is 17.3 Å². The van der Waals surface area contributed by atoms with Gasteiger partial charge in [-0.05, 0) is 68.3 Å². The van der Waals surface area contributed by atoms with Gasteiger partial charge >= 0.3 is 5.91 Å². The number of rotatable bonds is 7. The fourth-order valence-corrected chi connectivity index (χ4v) is 5.53. The van der Waals surface area contributed by atoms with Gasteiger partial charge in [0.05, 0.1) is 35.0 Å². The topological polar surface area (TPSA) is 89.0 Å². The summed E-state index contributed by atoms with van der Waals surface area (Å²) in [6.07, 6.45) is 0. The Morgan fingerprint density at radius 3 is 2.43 bits per heavy atom. The molecule has 7 nitrogen and oxygen atoms in total. The zero-order valence-electron chi connectivity index (χ0n) is 20.7. The van der Waals surface area contributed by atoms with Crippen LogP contribution >= 0.6 is 11.3 Å². The first-order valence-electron chi connectivity index (χ1n) is 12.1. The second kappa shape index (κ2) is 10.1. The van der Waals surface area contributed by atoms with Crippen molar-refractivity contribution in [2.75, 3.05) is 18.1 Å². The highest BCUT2D eigenvalue weighted by Crippen LogP contribution is 2.44. The van der Waals surface area contributed by atoms with E-state index in [9.17, 15) is 14.7 Å². The molecule has 0 saturated carbocycles. The summed E-state index contributed by atoms with van der Waals surface area (Å²) in [7, 11) is 0. The fourth-order valence-electron chi connectivity index (χ4n) is 4.44. The minimum Gasteiger partial charge on any atom is -0.507 e. The molecule has 188 valence electrons. The van der Waals surface area contributed by atoms with Crippen molar-refractivity contribution in [3.8, 4) is 11.5 Å². The standard InChI is InChI=1S/C29H26N2O5S/c1-4-35-20-12-10-18(11-13-20)25-24(26(32)19-7-6-8-21(16-19)36-5-2)27(33)28(34)31(25)29-30-22-14-9-17(3)15-23(22)37-29/h6-16,25,32H,4-5H2,1-3H3/b26-24+. The van der Waals surface area contributed by atoms with Gasteiger partial charge in [0, 0.05) is 5.56 Å². The maximum atomic E-state index is 13.5. The van der Waals surface area contributed by atoms with Crippen molar-refractivity contribution in [2.45, 2.75) is 26.8 Å². The van der Waals surface area contributed by atoms with Gasteiger partial charge in [0.25, 0.3) is 5.78 Å². The van der Waals surface area contributed by atoms with Crippen molar-refractivity contribution in [2.24, 2.45) is 0 Å². The van der Waals surface area contributed by atoms with E-state index in [0.29, 0.717) is 41.0 Å². The van der Waals surface area contributed by atoms with Crippen LogP contribution in [0.25, 0.3) is 16.0 Å². The Hall–Kier alpha value is -4.17. The number of ether oxygens (including phenoxy) is 2. The lowest BCUT2D eigenvalue weighted by Crippen LogP contribution is -2.29. The number of anilines is 1. The highest BCUT2D eigenvalue weighted by molar-refractivity contribution is 7.22. The van der Waals surface area contributed by atoms with Crippen molar-refractivity contribution in [3.05, 3.63) is 89.0 Å². The maximum Gasteiger partial charge on any atom is 0.301 e. The predicted molar refractivity (Wildman–Crippen MR) is 144 cm³/mol. The van der Waals surface area contributed by atoms with Crippen LogP contribution in [0.2, 0.25) is 0 Å². The average molecular weight is 515 g/mol. The number of hydrogen-bond donors (Lipinski definition) is 1. The number of nitrogens with zero attached hydrogens (tertiary/aromatic N) is 2. The lowest BCUT2D eigenvalue weighted by Gasteiger charge is -2.23. The van der Waals surface area contributed by atoms with E-state index >= 15 is 0 Å². The summed E-state index contributed by atoms with van der Waals surface area (Å²) in [6.45, 7) is 6.72. The Balaban J connectivity index is 1.69. The number of hydrogen-bond acceptors (Lipinski definition) is 7. The third-order valence-corrected chi connectivity index (χ3v) is 7.13. The molecule has 1 aromatic heterocycles. The summed E-state index contributed by atoms with van der Waals surface area (Å²) in [5.74, 6) is -0.549. The number of ketones is 1. The number of benzene rings is 3. The average Bonchev–Trinajstić information content (AvgIpc) is 3.42. The summed E-state index contributed by atoms with van der Waals surface area (Å²) in [5, 5.41) is 11.8. The zero-order chi connectivity index (χ0) is 26.1. The minimum absolute atomic E-state index is 0.00162. The summed E-state index contributed by atoms with van der Waals surface area (Å²) in [4.78, 5) is 33.0. The third kappa shape index (κ3) is 4.56. The van der Waals surface area contributed by atoms with Crippen molar-refractivity contribution in [3.63, 3.8) is 0 Å². The van der Waals surface area contributed by atoms with Crippen molar-refractivity contribution >= 4 is 44.1 Å². The summed E-state index contributed by atoms with van der Waals surface area (Å²) < 4.78 is 12.1. The van der Waals surface area contributed by atoms with Gasteiger partial charge in [-0.15, -0.1) is 0 Å². The Bertz CT molecular complexity index is 1520. The van der Waals surface area contributed by atoms with Crippen LogP contribution in [-0.4, -0.2) is 35.0 Å². The lowest BCUT2D eigenvalue weighted by molar-refractivity contribution is -0.132. The van der Waals surface area contributed by atoms with Crippen LogP contribution in [-0.2, 0) is 9.59 Å². The highest BCUT2D eigenvalue weighted by Gasteiger charge is 2.48. The van der Waals surface area contributed by atoms with Gasteiger partial charge < -0.3 is 14.6 Å². The molecule has 1 saturated heterocycles. The third-order valence-electron chi connectivity index (χ3n) is 6.11. The number of carbonyl (C=O) groups is 2. The largest absolute Gasteiger partial charge is 0.507 e. The van der Waals surface area contributed by atoms with Crippen LogP contribution < -0.4 is 14.4 Å². The van der Waals surface area contributed by atoms with Gasteiger partial charge in [-0.1, -0.05) is 41.7 Å². The van der Waals surface area contributed by atoms with Crippen molar-refractivity contribution in [1.82, 2.24) is 4.98 Å². The van der Waals surface area contributed by atoms with Crippen molar-refractivity contribution < 1.29 is 24.2 Å². The molecule has 0 spiro atoms. The first-order valence-corrected chi connectivity index (χ1v) is 12.9. The molecule has 3 aromatic carbocycles. The number of aromatic nitrogens is 1. The number of Topliss-reactive ketones (excluding diaryl/α,β-unsaturated/α-hetero) is 1. The molecule has 1 unspecified atom stereocenters. The second-order valence-electron chi connectivity index (χ2n) is 8.60. The number of amides is 1. The van der Waals surface area contributed by atoms with E-state index in [4.69, 9.17) is 9.47 Å². The number of fused-ring (bicyclic) bond motifs is 1. The molecular formula is C29H26N2O5S. The molecule has 0 bridgehead atoms. The van der Waals surface area contributed by atoms with Crippen LogP contribution in [0, 0.1) is 6.92 Å². The molecule has 1 N–H and O–H groups in total. The van der Waals surface area contributed by atoms with Gasteiger partial charge in [0.15, 0.2) is 5.13 Å². The van der Waals surface area contributed by atoms with Gasteiger partial charge in [-0.25, -0.2) is 4.98 Å². The van der Waals surface area contributed by atoms with Crippen LogP contribution in [0.4, 0.5) is 5.13 Å². The van der Waals surface area contributed by atoms with Gasteiger partial charge in [0.2, 0.25) is 0 Å². The quantitative estimate of drug-likeness (QED) is 0.184. The zero-order valence-corrected chi connectivity index (χ0v) is 21.5. The smallest absolute Gasteiger partial charge is 0.301 e. The molecule has 1 aliphatic heterocycles. The lowest BCUT2D eigenvalue weighted by atomic mass is 9.95. The van der Waals surface area contributed by atoms with Crippen LogP contribution in [0.3, 0.4) is 0 Å². The molecule has 4 aromatic rings. The molecule has 1 atom stereocenters. The number of carbonyl (C=O) groups excluding carboxylic acids is 2. The Labute approximate surface area is 218 Å². The van der Waals surface area contributed by atoms with E-state index in [0.717, 1.165) is 15.8 Å². The molecule has 5 rings (SSSR count). The highest BCUT2D eigenvalue weighted by atomic mass is 32.1. The van der Waals surface area contributed by atoms with Crippen molar-refractivity contribution in [1.29, 1.82) is 0 Å². The number of thiazole rings is 1. The summed E-state index contributed by atoms with van der Waals surface area (Å²) in [5.41, 5.74) is 2.85. The molecule has 37 heavy (non-hydrogen) atoms. The Kier molecular flexibility index (Phi) is 6.67. The maximum absolute atomic E-state index is 13.5. The summed E-state index contributed by atoms with van der Waals surface area (Å²) >= 11 is 1.34. The van der Waals surface area contributed by atoms with Gasteiger partial charge in [-0.3, -0.25) is 14.5 Å². The normalized spacial score (nSPS) is 16.9. The van der Waals surface area contributed by atoms with Crippen LogP contribution in [0.1, 0.15) is 36.6 Å². The summed E-state index contributed by atoms with van der Waals surface area (Å²) in [6, 6.07) is 19.0. The van der Waals surface area contributed by atoms with E-state index in [1.54, 1.807) is 48.5 Å². The molecule has 1 amide bonds. The molecule has 0 aliphatic carbocycles. The molecule has 2 heterocycles. The Morgan fingerprint density at radius 2 is 1.70 bits per heavy atom. The molecule has 0 radical (unpaired) electrons. The first kappa shape index (κ1) is 24.5. The van der Waals surface area contributed by atoms with E-state index in [1.165, 1.54) is 16.2 Å². The van der Waals surface area contributed by atoms with E-state index < -0.39 is 17.7 Å². The number of aliphatic hydroxyl groups excluding tert-OH is 1.